The van der Waals surface area contributed by atoms with E-state index in [2.05, 4.69) is 20.6 Å². The van der Waals surface area contributed by atoms with Gasteiger partial charge in [-0.1, -0.05) is 54.6 Å². The summed E-state index contributed by atoms with van der Waals surface area (Å²) in [6, 6.07) is 22.7. The SMILES string of the molecule is C[C@H](OC(=O)NCc1cnccc1-c1ccccc1C(=O)NCCc1cccnc1)c1ccccc1. The predicted molar refractivity (Wildman–Crippen MR) is 138 cm³/mol. The molecule has 0 fully saturated rings. The van der Waals surface area contributed by atoms with Crippen LogP contribution in [-0.2, 0) is 17.7 Å². The van der Waals surface area contributed by atoms with Crippen LogP contribution >= 0.6 is 0 Å². The molecular formula is C29H28N4O3. The molecule has 0 radical (unpaired) electrons. The number of benzene rings is 2. The third-order valence-corrected chi connectivity index (χ3v) is 5.76. The van der Waals surface area contributed by atoms with E-state index in [1.165, 1.54) is 0 Å². The molecule has 0 bridgehead atoms. The van der Waals surface area contributed by atoms with Crippen LogP contribution in [-0.4, -0.2) is 28.5 Å². The molecule has 0 aliphatic rings. The lowest BCUT2D eigenvalue weighted by atomic mass is 9.96. The van der Waals surface area contributed by atoms with Crippen molar-refractivity contribution in [2.45, 2.75) is 26.0 Å². The number of alkyl carbamates (subject to hydrolysis) is 1. The summed E-state index contributed by atoms with van der Waals surface area (Å²) < 4.78 is 5.51. The van der Waals surface area contributed by atoms with Crippen molar-refractivity contribution in [2.24, 2.45) is 0 Å². The molecule has 2 amide bonds. The molecule has 0 unspecified atom stereocenters. The zero-order chi connectivity index (χ0) is 25.2. The number of nitrogens with zero attached hydrogens (tertiary/aromatic N) is 2. The molecule has 0 spiro atoms. The smallest absolute Gasteiger partial charge is 0.408 e. The van der Waals surface area contributed by atoms with E-state index in [1.807, 2.05) is 73.7 Å². The second-order valence-electron chi connectivity index (χ2n) is 8.26. The summed E-state index contributed by atoms with van der Waals surface area (Å²) in [5.74, 6) is -0.165. The lowest BCUT2D eigenvalue weighted by Gasteiger charge is -2.16. The number of hydrogen-bond acceptors (Lipinski definition) is 5. The van der Waals surface area contributed by atoms with Gasteiger partial charge in [-0.2, -0.15) is 0 Å². The number of carbonyl (C=O) groups is 2. The Morgan fingerprint density at radius 2 is 1.61 bits per heavy atom. The minimum atomic E-state index is -0.525. The average Bonchev–Trinajstić information content (AvgIpc) is 2.93. The van der Waals surface area contributed by atoms with Crippen LogP contribution in [0.2, 0.25) is 0 Å². The summed E-state index contributed by atoms with van der Waals surface area (Å²) in [5, 5.41) is 5.80. The zero-order valence-electron chi connectivity index (χ0n) is 20.1. The van der Waals surface area contributed by atoms with Crippen molar-refractivity contribution in [3.63, 3.8) is 0 Å². The molecule has 1 atom stereocenters. The minimum Gasteiger partial charge on any atom is -0.442 e. The van der Waals surface area contributed by atoms with Crippen LogP contribution in [0.1, 0.15) is 40.1 Å². The molecule has 0 saturated carbocycles. The van der Waals surface area contributed by atoms with Crippen molar-refractivity contribution in [3.05, 3.63) is 120 Å². The van der Waals surface area contributed by atoms with E-state index in [0.717, 1.165) is 27.8 Å². The van der Waals surface area contributed by atoms with Crippen LogP contribution in [0.5, 0.6) is 0 Å². The Morgan fingerprint density at radius 3 is 2.42 bits per heavy atom. The molecule has 36 heavy (non-hydrogen) atoms. The third-order valence-electron chi connectivity index (χ3n) is 5.76. The van der Waals surface area contributed by atoms with Gasteiger partial charge in [0, 0.05) is 43.4 Å². The third kappa shape index (κ3) is 6.54. The maximum absolute atomic E-state index is 13.0. The highest BCUT2D eigenvalue weighted by atomic mass is 16.6. The predicted octanol–water partition coefficient (Wildman–Crippen LogP) is 5.10. The highest BCUT2D eigenvalue weighted by Gasteiger charge is 2.16. The van der Waals surface area contributed by atoms with Crippen molar-refractivity contribution >= 4 is 12.0 Å². The van der Waals surface area contributed by atoms with Crippen LogP contribution in [0.3, 0.4) is 0 Å². The van der Waals surface area contributed by atoms with Gasteiger partial charge in [-0.15, -0.1) is 0 Å². The van der Waals surface area contributed by atoms with E-state index in [1.54, 1.807) is 30.9 Å². The van der Waals surface area contributed by atoms with Gasteiger partial charge in [-0.3, -0.25) is 14.8 Å². The minimum absolute atomic E-state index is 0.165. The molecule has 0 aliphatic carbocycles. The molecule has 7 nitrogen and oxygen atoms in total. The van der Waals surface area contributed by atoms with Gasteiger partial charge in [-0.25, -0.2) is 4.79 Å². The topological polar surface area (TPSA) is 93.2 Å². The molecule has 2 aromatic heterocycles. The molecule has 2 N–H and O–H groups in total. The van der Waals surface area contributed by atoms with Crippen molar-refractivity contribution in [3.8, 4) is 11.1 Å². The van der Waals surface area contributed by atoms with Crippen molar-refractivity contribution < 1.29 is 14.3 Å². The Labute approximate surface area is 210 Å². The van der Waals surface area contributed by atoms with Crippen LogP contribution in [0.4, 0.5) is 4.79 Å². The van der Waals surface area contributed by atoms with Gasteiger partial charge in [0.1, 0.15) is 6.10 Å². The summed E-state index contributed by atoms with van der Waals surface area (Å²) in [7, 11) is 0. The number of amides is 2. The number of pyridine rings is 2. The Hall–Kier alpha value is -4.52. The number of rotatable bonds is 9. The van der Waals surface area contributed by atoms with Crippen LogP contribution in [0.15, 0.2) is 97.6 Å². The first-order chi connectivity index (χ1) is 17.6. The number of nitrogens with one attached hydrogen (secondary N) is 2. The maximum Gasteiger partial charge on any atom is 0.408 e. The molecule has 4 aromatic rings. The van der Waals surface area contributed by atoms with Gasteiger partial charge in [0.05, 0.1) is 0 Å². The highest BCUT2D eigenvalue weighted by Crippen LogP contribution is 2.27. The summed E-state index contributed by atoms with van der Waals surface area (Å²) in [6.07, 6.45) is 6.66. The fraction of sp³-hybridized carbons (Fsp3) is 0.172. The van der Waals surface area contributed by atoms with Gasteiger partial charge in [-0.05, 0) is 59.4 Å². The molecule has 0 aliphatic heterocycles. The van der Waals surface area contributed by atoms with Crippen molar-refractivity contribution in [1.82, 2.24) is 20.6 Å². The number of ether oxygens (including phenoxy) is 1. The lowest BCUT2D eigenvalue weighted by Crippen LogP contribution is -2.27. The fourth-order valence-electron chi connectivity index (χ4n) is 3.87. The highest BCUT2D eigenvalue weighted by molar-refractivity contribution is 6.01. The molecule has 7 heteroatoms. The first kappa shape index (κ1) is 24.6. The molecule has 182 valence electrons. The van der Waals surface area contributed by atoms with Crippen LogP contribution in [0.25, 0.3) is 11.1 Å². The monoisotopic (exact) mass is 480 g/mol. The van der Waals surface area contributed by atoms with E-state index >= 15 is 0 Å². The standard InChI is InChI=1S/C29H28N4O3/c1-21(23-9-3-2-4-10-23)36-29(35)33-20-24-19-31-16-14-25(24)26-11-5-6-12-27(26)28(34)32-17-13-22-8-7-15-30-18-22/h2-12,14-16,18-19,21H,13,17,20H2,1H3,(H,32,34)(H,33,35)/t21-/m0/s1. The largest absolute Gasteiger partial charge is 0.442 e. The van der Waals surface area contributed by atoms with Crippen molar-refractivity contribution in [1.29, 1.82) is 0 Å². The van der Waals surface area contributed by atoms with E-state index in [0.29, 0.717) is 18.5 Å². The van der Waals surface area contributed by atoms with Crippen LogP contribution < -0.4 is 10.6 Å². The number of aromatic nitrogens is 2. The Morgan fingerprint density at radius 1 is 0.833 bits per heavy atom. The normalized spacial score (nSPS) is 11.4. The molecule has 2 heterocycles. The maximum atomic E-state index is 13.0. The lowest BCUT2D eigenvalue weighted by molar-refractivity contribution is 0.0954. The second-order valence-corrected chi connectivity index (χ2v) is 8.26. The van der Waals surface area contributed by atoms with E-state index < -0.39 is 6.09 Å². The van der Waals surface area contributed by atoms with Gasteiger partial charge in [0.2, 0.25) is 0 Å². The Kier molecular flexibility index (Phi) is 8.38. The summed E-state index contributed by atoms with van der Waals surface area (Å²) in [5.41, 5.74) is 4.88. The molecular weight excluding hydrogens is 452 g/mol. The van der Waals surface area contributed by atoms with E-state index in [-0.39, 0.29) is 18.6 Å². The van der Waals surface area contributed by atoms with Gasteiger partial charge < -0.3 is 15.4 Å². The first-order valence-electron chi connectivity index (χ1n) is 11.8. The first-order valence-corrected chi connectivity index (χ1v) is 11.8. The average molecular weight is 481 g/mol. The summed E-state index contributed by atoms with van der Waals surface area (Å²) in [4.78, 5) is 33.8. The van der Waals surface area contributed by atoms with Gasteiger partial charge in [0.25, 0.3) is 5.91 Å². The van der Waals surface area contributed by atoms with E-state index in [4.69, 9.17) is 4.74 Å². The summed E-state index contributed by atoms with van der Waals surface area (Å²) in [6.45, 7) is 2.53. The molecule has 2 aromatic carbocycles. The molecule has 0 saturated heterocycles. The molecule has 4 rings (SSSR count). The zero-order valence-corrected chi connectivity index (χ0v) is 20.1. The van der Waals surface area contributed by atoms with Gasteiger partial charge in [0.15, 0.2) is 0 Å². The van der Waals surface area contributed by atoms with Crippen LogP contribution in [0, 0.1) is 0 Å². The fourth-order valence-corrected chi connectivity index (χ4v) is 3.87. The number of carbonyl (C=O) groups excluding carboxylic acids is 2. The Bertz CT molecular complexity index is 1300. The van der Waals surface area contributed by atoms with E-state index in [9.17, 15) is 9.59 Å². The number of hydrogen-bond donors (Lipinski definition) is 2. The van der Waals surface area contributed by atoms with Crippen molar-refractivity contribution in [2.75, 3.05) is 6.54 Å². The quantitative estimate of drug-likeness (QED) is 0.348. The van der Waals surface area contributed by atoms with Gasteiger partial charge >= 0.3 is 6.09 Å². The second kappa shape index (κ2) is 12.3. The Balaban J connectivity index is 1.42. The summed E-state index contributed by atoms with van der Waals surface area (Å²) >= 11 is 0.